The molecule has 2 unspecified atom stereocenters. The Morgan fingerprint density at radius 3 is 2.43 bits per heavy atom. The van der Waals surface area contributed by atoms with Gasteiger partial charge in [-0.1, -0.05) is 32.4 Å². The van der Waals surface area contributed by atoms with Crippen molar-refractivity contribution in [3.05, 3.63) is 35.4 Å². The first-order valence-electron chi connectivity index (χ1n) is 7.30. The van der Waals surface area contributed by atoms with Crippen molar-refractivity contribution in [2.24, 2.45) is 5.92 Å². The quantitative estimate of drug-likeness (QED) is 0.820. The highest BCUT2D eigenvalue weighted by molar-refractivity contribution is 5.28. The van der Waals surface area contributed by atoms with E-state index in [0.29, 0.717) is 18.0 Å². The van der Waals surface area contributed by atoms with Gasteiger partial charge in [0.2, 0.25) is 0 Å². The third-order valence-corrected chi connectivity index (χ3v) is 3.78. The fourth-order valence-electron chi connectivity index (χ4n) is 2.34. The van der Waals surface area contributed by atoms with Crippen molar-refractivity contribution < 1.29 is 13.2 Å². The Kier molecular flexibility index (Phi) is 6.68. The van der Waals surface area contributed by atoms with Crippen molar-refractivity contribution in [2.45, 2.75) is 32.5 Å². The number of likely N-dealkylation sites (N-methyl/N-ethyl adjacent to an activating group) is 2. The summed E-state index contributed by atoms with van der Waals surface area (Å²) in [5.74, 6) is 0.578. The van der Waals surface area contributed by atoms with E-state index in [4.69, 9.17) is 0 Å². The van der Waals surface area contributed by atoms with Gasteiger partial charge in [-0.3, -0.25) is 0 Å². The van der Waals surface area contributed by atoms with Crippen LogP contribution in [0.3, 0.4) is 0 Å². The van der Waals surface area contributed by atoms with Crippen LogP contribution in [0.25, 0.3) is 0 Å². The second kappa shape index (κ2) is 7.80. The molecule has 0 aliphatic heterocycles. The lowest BCUT2D eigenvalue weighted by molar-refractivity contribution is -0.137. The minimum atomic E-state index is -4.29. The fourth-order valence-corrected chi connectivity index (χ4v) is 2.34. The van der Waals surface area contributed by atoms with Gasteiger partial charge in [-0.05, 0) is 37.7 Å². The minimum Gasteiger partial charge on any atom is -0.312 e. The number of nitrogens with zero attached hydrogens (tertiary/aromatic N) is 1. The molecule has 0 amide bonds. The zero-order chi connectivity index (χ0) is 16.0. The molecule has 2 nitrogen and oxygen atoms in total. The molecule has 5 heteroatoms. The van der Waals surface area contributed by atoms with Crippen LogP contribution in [0.5, 0.6) is 0 Å². The lowest BCUT2D eigenvalue weighted by Crippen LogP contribution is -2.33. The van der Waals surface area contributed by atoms with Gasteiger partial charge in [-0.25, -0.2) is 0 Å². The fraction of sp³-hybridized carbons (Fsp3) is 0.625. The van der Waals surface area contributed by atoms with Crippen LogP contribution < -0.4 is 5.32 Å². The summed E-state index contributed by atoms with van der Waals surface area (Å²) in [6.07, 6.45) is -3.20. The number of alkyl halides is 3. The van der Waals surface area contributed by atoms with Crippen molar-refractivity contribution in [3.8, 4) is 0 Å². The minimum absolute atomic E-state index is 0.110. The van der Waals surface area contributed by atoms with Gasteiger partial charge in [0, 0.05) is 19.1 Å². The number of halogens is 3. The van der Waals surface area contributed by atoms with Gasteiger partial charge in [0.25, 0.3) is 0 Å². The molecule has 0 spiro atoms. The molecule has 21 heavy (non-hydrogen) atoms. The SMILES string of the molecule is CCC(C)CN(C)CC(NC)c1cccc(C(F)(F)F)c1. The van der Waals surface area contributed by atoms with E-state index in [-0.39, 0.29) is 6.04 Å². The summed E-state index contributed by atoms with van der Waals surface area (Å²) in [6, 6.07) is 5.45. The molecule has 1 N–H and O–H groups in total. The van der Waals surface area contributed by atoms with Crippen LogP contribution in [0.1, 0.15) is 37.4 Å². The van der Waals surface area contributed by atoms with E-state index in [2.05, 4.69) is 24.1 Å². The van der Waals surface area contributed by atoms with E-state index in [9.17, 15) is 13.2 Å². The summed E-state index contributed by atoms with van der Waals surface area (Å²) in [4.78, 5) is 2.16. The first-order valence-corrected chi connectivity index (χ1v) is 7.30. The van der Waals surface area contributed by atoms with Gasteiger partial charge in [-0.2, -0.15) is 13.2 Å². The van der Waals surface area contributed by atoms with Crippen LogP contribution in [0.15, 0.2) is 24.3 Å². The second-order valence-electron chi connectivity index (χ2n) is 5.70. The van der Waals surface area contributed by atoms with Gasteiger partial charge in [0.1, 0.15) is 0 Å². The lowest BCUT2D eigenvalue weighted by atomic mass is 10.0. The first-order chi connectivity index (χ1) is 9.77. The van der Waals surface area contributed by atoms with E-state index >= 15 is 0 Å². The Hall–Kier alpha value is -1.07. The van der Waals surface area contributed by atoms with Crippen molar-refractivity contribution in [1.29, 1.82) is 0 Å². The summed E-state index contributed by atoms with van der Waals surface area (Å²) >= 11 is 0. The molecule has 0 aliphatic rings. The number of nitrogens with one attached hydrogen (secondary N) is 1. The van der Waals surface area contributed by atoms with Crippen LogP contribution in [-0.2, 0) is 6.18 Å². The zero-order valence-electron chi connectivity index (χ0n) is 13.2. The molecule has 0 bridgehead atoms. The average Bonchev–Trinajstić information content (AvgIpc) is 2.43. The molecule has 0 saturated carbocycles. The van der Waals surface area contributed by atoms with E-state index in [1.54, 1.807) is 13.1 Å². The zero-order valence-corrected chi connectivity index (χ0v) is 13.2. The topological polar surface area (TPSA) is 15.3 Å². The largest absolute Gasteiger partial charge is 0.416 e. The van der Waals surface area contributed by atoms with E-state index in [1.807, 2.05) is 7.05 Å². The molecule has 1 rings (SSSR count). The molecule has 0 aliphatic carbocycles. The van der Waals surface area contributed by atoms with Gasteiger partial charge in [-0.15, -0.1) is 0 Å². The lowest BCUT2D eigenvalue weighted by Gasteiger charge is -2.26. The molecular formula is C16H25F3N2. The van der Waals surface area contributed by atoms with Crippen LogP contribution >= 0.6 is 0 Å². The highest BCUT2D eigenvalue weighted by Gasteiger charge is 2.31. The van der Waals surface area contributed by atoms with Gasteiger partial charge in [0.15, 0.2) is 0 Å². The number of benzene rings is 1. The first kappa shape index (κ1) is 18.0. The molecule has 1 aromatic carbocycles. The maximum Gasteiger partial charge on any atom is 0.416 e. The Bertz CT molecular complexity index is 432. The molecule has 120 valence electrons. The van der Waals surface area contributed by atoms with Crippen molar-refractivity contribution in [2.75, 3.05) is 27.2 Å². The third-order valence-electron chi connectivity index (χ3n) is 3.78. The molecule has 0 saturated heterocycles. The predicted octanol–water partition coefficient (Wildman–Crippen LogP) is 3.94. The third kappa shape index (κ3) is 5.67. The monoisotopic (exact) mass is 302 g/mol. The number of hydrogen-bond donors (Lipinski definition) is 1. The van der Waals surface area contributed by atoms with Crippen LogP contribution in [0, 0.1) is 5.92 Å². The molecular weight excluding hydrogens is 277 g/mol. The highest BCUT2D eigenvalue weighted by atomic mass is 19.4. The van der Waals surface area contributed by atoms with Crippen LogP contribution in [0.2, 0.25) is 0 Å². The summed E-state index contributed by atoms with van der Waals surface area (Å²) in [5.41, 5.74) is 0.0770. The average molecular weight is 302 g/mol. The number of rotatable bonds is 7. The summed E-state index contributed by atoms with van der Waals surface area (Å²) in [7, 11) is 3.78. The molecule has 0 radical (unpaired) electrons. The molecule has 2 atom stereocenters. The molecule has 1 aromatic rings. The standard InChI is InChI=1S/C16H25F3N2/c1-5-12(2)10-21(4)11-15(20-3)13-7-6-8-14(9-13)16(17,18)19/h6-9,12,15,20H,5,10-11H2,1-4H3. The Labute approximate surface area is 125 Å². The molecule has 0 aromatic heterocycles. The number of hydrogen-bond acceptors (Lipinski definition) is 2. The van der Waals surface area contributed by atoms with Gasteiger partial charge >= 0.3 is 6.18 Å². The van der Waals surface area contributed by atoms with Crippen molar-refractivity contribution in [1.82, 2.24) is 10.2 Å². The van der Waals surface area contributed by atoms with E-state index in [0.717, 1.165) is 19.0 Å². The van der Waals surface area contributed by atoms with E-state index < -0.39 is 11.7 Å². The summed E-state index contributed by atoms with van der Waals surface area (Å²) in [6.45, 7) is 5.94. The van der Waals surface area contributed by atoms with Crippen molar-refractivity contribution >= 4 is 0 Å². The van der Waals surface area contributed by atoms with Crippen molar-refractivity contribution in [3.63, 3.8) is 0 Å². The Morgan fingerprint density at radius 1 is 1.24 bits per heavy atom. The maximum atomic E-state index is 12.8. The second-order valence-corrected chi connectivity index (χ2v) is 5.70. The molecule has 0 heterocycles. The summed E-state index contributed by atoms with van der Waals surface area (Å²) < 4.78 is 38.4. The molecule has 0 fully saturated rings. The van der Waals surface area contributed by atoms with Crippen LogP contribution in [-0.4, -0.2) is 32.1 Å². The van der Waals surface area contributed by atoms with Gasteiger partial charge in [0.05, 0.1) is 5.56 Å². The smallest absolute Gasteiger partial charge is 0.312 e. The Morgan fingerprint density at radius 2 is 1.90 bits per heavy atom. The van der Waals surface area contributed by atoms with Crippen LogP contribution in [0.4, 0.5) is 13.2 Å². The normalized spacial score (nSPS) is 15.2. The predicted molar refractivity (Wildman–Crippen MR) is 80.2 cm³/mol. The highest BCUT2D eigenvalue weighted by Crippen LogP contribution is 2.30. The Balaban J connectivity index is 2.81. The summed E-state index contributed by atoms with van der Waals surface area (Å²) in [5, 5.41) is 3.11. The van der Waals surface area contributed by atoms with Gasteiger partial charge < -0.3 is 10.2 Å². The van der Waals surface area contributed by atoms with E-state index in [1.165, 1.54) is 12.1 Å². The maximum absolute atomic E-state index is 12.8.